The maximum Gasteiger partial charge on any atom is 0.243 e. The lowest BCUT2D eigenvalue weighted by molar-refractivity contribution is -0.137. The Labute approximate surface area is 253 Å². The molecule has 5 heterocycles. The molecular weight excluding hydrogens is 544 g/mol. The number of carbonyl (C=O) groups excluding carboxylic acids is 3. The number of piperidine rings is 2. The average Bonchev–Trinajstić information content (AvgIpc) is 3.36. The number of carbonyl (C=O) groups is 3. The molecule has 4 aliphatic heterocycles. The molecule has 43 heavy (non-hydrogen) atoms. The predicted octanol–water partition coefficient (Wildman–Crippen LogP) is 2.95. The quantitative estimate of drug-likeness (QED) is 0.387. The summed E-state index contributed by atoms with van der Waals surface area (Å²) in [6.07, 6.45) is 12.6. The Balaban J connectivity index is 0.948. The molecule has 1 saturated carbocycles. The largest absolute Gasteiger partial charge is 0.492 e. The second-order valence-electron chi connectivity index (χ2n) is 13.7. The van der Waals surface area contributed by atoms with Crippen molar-refractivity contribution in [3.63, 3.8) is 0 Å². The van der Waals surface area contributed by atoms with Gasteiger partial charge in [0.1, 0.15) is 5.75 Å². The minimum atomic E-state index is -0.401. The maximum atomic E-state index is 12.5. The van der Waals surface area contributed by atoms with Crippen LogP contribution in [0, 0.1) is 11.3 Å². The van der Waals surface area contributed by atoms with Gasteiger partial charge in [0.2, 0.25) is 17.8 Å². The summed E-state index contributed by atoms with van der Waals surface area (Å²) in [4.78, 5) is 51.9. The van der Waals surface area contributed by atoms with Crippen molar-refractivity contribution in [3.8, 4) is 5.75 Å². The zero-order chi connectivity index (χ0) is 29.6. The average molecular weight is 587 g/mol. The molecule has 0 radical (unpaired) electrons. The Hall–Kier alpha value is -3.37. The van der Waals surface area contributed by atoms with E-state index in [1.54, 1.807) is 0 Å². The Morgan fingerprint density at radius 1 is 1.07 bits per heavy atom. The van der Waals surface area contributed by atoms with Crippen LogP contribution >= 0.6 is 0 Å². The fraction of sp³-hybridized carbons (Fsp3) is 0.606. The van der Waals surface area contributed by atoms with E-state index in [2.05, 4.69) is 31.2 Å². The fourth-order valence-electron chi connectivity index (χ4n) is 8.34. The molecule has 10 nitrogen and oxygen atoms in total. The SMILES string of the molecule is CN(Cc1c(C=O)ccc2c1OCC21CCN(CC2CCC3(CC2)CN(c2ncccn2)C3)CC1)C1CCC(=O)NC1=O. The van der Waals surface area contributed by atoms with Gasteiger partial charge < -0.3 is 14.5 Å². The molecule has 2 aromatic rings. The number of likely N-dealkylation sites (N-methyl/N-ethyl adjacent to an activating group) is 1. The van der Waals surface area contributed by atoms with E-state index >= 15 is 0 Å². The summed E-state index contributed by atoms with van der Waals surface area (Å²) in [7, 11) is 1.88. The van der Waals surface area contributed by atoms with Crippen molar-refractivity contribution in [1.29, 1.82) is 0 Å². The summed E-state index contributed by atoms with van der Waals surface area (Å²) in [5.41, 5.74) is 3.09. The lowest BCUT2D eigenvalue weighted by atomic mass is 9.66. The lowest BCUT2D eigenvalue weighted by Gasteiger charge is -2.54. The monoisotopic (exact) mass is 586 g/mol. The predicted molar refractivity (Wildman–Crippen MR) is 161 cm³/mol. The number of hydrogen-bond donors (Lipinski definition) is 1. The van der Waals surface area contributed by atoms with E-state index in [0.717, 1.165) is 68.5 Å². The number of nitrogens with zero attached hydrogens (tertiary/aromatic N) is 5. The van der Waals surface area contributed by atoms with Gasteiger partial charge in [-0.3, -0.25) is 24.6 Å². The Kier molecular flexibility index (Phi) is 7.45. The number of amides is 2. The molecule has 7 rings (SSSR count). The molecule has 5 aliphatic rings. The fourth-order valence-corrected chi connectivity index (χ4v) is 8.34. The summed E-state index contributed by atoms with van der Waals surface area (Å²) < 4.78 is 6.39. The van der Waals surface area contributed by atoms with Crippen LogP contribution in [-0.2, 0) is 21.5 Å². The number of aldehydes is 1. The van der Waals surface area contributed by atoms with Gasteiger partial charge in [-0.1, -0.05) is 12.1 Å². The van der Waals surface area contributed by atoms with Crippen molar-refractivity contribution in [3.05, 3.63) is 47.3 Å². The van der Waals surface area contributed by atoms with Crippen LogP contribution in [0.25, 0.3) is 0 Å². The third-order valence-electron chi connectivity index (χ3n) is 11.0. The van der Waals surface area contributed by atoms with Crippen molar-refractivity contribution in [2.45, 2.75) is 69.4 Å². The van der Waals surface area contributed by atoms with Crippen molar-refractivity contribution in [2.75, 3.05) is 51.3 Å². The van der Waals surface area contributed by atoms with Gasteiger partial charge in [0.15, 0.2) is 6.29 Å². The third kappa shape index (κ3) is 5.33. The van der Waals surface area contributed by atoms with Gasteiger partial charge in [0, 0.05) is 72.5 Å². The first-order chi connectivity index (χ1) is 20.9. The number of anilines is 1. The van der Waals surface area contributed by atoms with E-state index < -0.39 is 6.04 Å². The zero-order valence-electron chi connectivity index (χ0n) is 25.1. The molecule has 2 amide bonds. The lowest BCUT2D eigenvalue weighted by Crippen LogP contribution is -2.58. The van der Waals surface area contributed by atoms with Crippen LogP contribution in [0.1, 0.15) is 72.9 Å². The van der Waals surface area contributed by atoms with Gasteiger partial charge in [0.25, 0.3) is 0 Å². The summed E-state index contributed by atoms with van der Waals surface area (Å²) in [6, 6.07) is 5.49. The number of imide groups is 1. The van der Waals surface area contributed by atoms with Crippen LogP contribution in [0.4, 0.5) is 5.95 Å². The van der Waals surface area contributed by atoms with E-state index in [0.29, 0.717) is 37.0 Å². The molecule has 1 aliphatic carbocycles. The van der Waals surface area contributed by atoms with E-state index in [4.69, 9.17) is 4.74 Å². The van der Waals surface area contributed by atoms with Crippen LogP contribution in [0.3, 0.4) is 0 Å². The minimum Gasteiger partial charge on any atom is -0.492 e. The summed E-state index contributed by atoms with van der Waals surface area (Å²) in [5.74, 6) is 1.96. The molecule has 1 aromatic carbocycles. The van der Waals surface area contributed by atoms with E-state index in [1.165, 1.54) is 37.8 Å². The highest BCUT2D eigenvalue weighted by Crippen LogP contribution is 2.49. The maximum absolute atomic E-state index is 12.5. The number of aromatic nitrogens is 2. The van der Waals surface area contributed by atoms with E-state index in [1.807, 2.05) is 36.5 Å². The normalized spacial score (nSPS) is 25.0. The summed E-state index contributed by atoms with van der Waals surface area (Å²) in [5, 5.41) is 2.44. The van der Waals surface area contributed by atoms with E-state index in [9.17, 15) is 14.4 Å². The molecule has 1 N–H and O–H groups in total. The molecule has 1 atom stereocenters. The topological polar surface area (TPSA) is 108 Å². The molecule has 0 bridgehead atoms. The van der Waals surface area contributed by atoms with Gasteiger partial charge >= 0.3 is 0 Å². The number of ether oxygens (including phenoxy) is 1. The third-order valence-corrected chi connectivity index (χ3v) is 11.0. The second-order valence-corrected chi connectivity index (χ2v) is 13.7. The van der Waals surface area contributed by atoms with Crippen LogP contribution in [0.5, 0.6) is 5.75 Å². The van der Waals surface area contributed by atoms with Crippen LogP contribution < -0.4 is 15.0 Å². The van der Waals surface area contributed by atoms with Gasteiger partial charge in [-0.15, -0.1) is 0 Å². The number of likely N-dealkylation sites (tertiary alicyclic amines) is 1. The molecule has 1 unspecified atom stereocenters. The van der Waals surface area contributed by atoms with Gasteiger partial charge in [-0.2, -0.15) is 0 Å². The molecule has 1 aromatic heterocycles. The smallest absolute Gasteiger partial charge is 0.243 e. The van der Waals surface area contributed by atoms with Crippen molar-refractivity contribution >= 4 is 24.0 Å². The number of benzene rings is 1. The highest BCUT2D eigenvalue weighted by atomic mass is 16.5. The van der Waals surface area contributed by atoms with Crippen molar-refractivity contribution in [2.24, 2.45) is 11.3 Å². The summed E-state index contributed by atoms with van der Waals surface area (Å²) in [6.45, 7) is 6.54. The Morgan fingerprint density at radius 3 is 2.51 bits per heavy atom. The van der Waals surface area contributed by atoms with Crippen molar-refractivity contribution in [1.82, 2.24) is 25.1 Å². The number of nitrogens with one attached hydrogen (secondary N) is 1. The molecule has 2 spiro atoms. The van der Waals surface area contributed by atoms with Crippen LogP contribution in [-0.4, -0.2) is 90.3 Å². The molecule has 3 saturated heterocycles. The van der Waals surface area contributed by atoms with Crippen molar-refractivity contribution < 1.29 is 19.1 Å². The van der Waals surface area contributed by atoms with Gasteiger partial charge in [-0.25, -0.2) is 9.97 Å². The highest BCUT2D eigenvalue weighted by Gasteiger charge is 2.47. The molecule has 4 fully saturated rings. The Morgan fingerprint density at radius 2 is 1.81 bits per heavy atom. The molecule has 228 valence electrons. The zero-order valence-corrected chi connectivity index (χ0v) is 25.1. The summed E-state index contributed by atoms with van der Waals surface area (Å²) >= 11 is 0. The van der Waals surface area contributed by atoms with E-state index in [-0.39, 0.29) is 17.2 Å². The van der Waals surface area contributed by atoms with Crippen LogP contribution in [0.2, 0.25) is 0 Å². The number of fused-ring (bicyclic) bond motifs is 2. The Bertz CT molecular complexity index is 1380. The van der Waals surface area contributed by atoms with Gasteiger partial charge in [-0.05, 0) is 77.1 Å². The number of rotatable bonds is 7. The molecular formula is C33H42N6O4. The minimum absolute atomic E-state index is 0.0271. The van der Waals surface area contributed by atoms with Crippen LogP contribution in [0.15, 0.2) is 30.6 Å². The number of hydrogen-bond acceptors (Lipinski definition) is 9. The molecule has 10 heteroatoms. The first-order valence-corrected chi connectivity index (χ1v) is 15.9. The van der Waals surface area contributed by atoms with Gasteiger partial charge in [0.05, 0.1) is 12.6 Å². The standard InChI is InChI=1S/C33H42N6O4/c1-37(27-5-6-28(41)36-30(27)42)18-25-24(19-40)3-4-26-29(25)43-22-33(26)11-15-38(16-12-33)17-23-7-9-32(10-8-23)20-39(21-32)31-34-13-2-14-35-31/h2-4,13-14,19,23,27H,5-12,15-18,20-22H2,1H3,(H,36,41,42). The first-order valence-electron chi connectivity index (χ1n) is 15.9. The second kappa shape index (κ2) is 11.3. The first kappa shape index (κ1) is 28.4. The highest BCUT2D eigenvalue weighted by molar-refractivity contribution is 6.00.